The molecule has 340 valence electrons. The van der Waals surface area contributed by atoms with Crippen LogP contribution in [0.15, 0.2) is 71.9 Å². The molecule has 5 rings (SSSR count). The standard InChI is InChI=1S/C48H62N4O10S/c1-34-13-18-41(19-14-34)63(57,58)60-27-26-59-40-12-8-10-36(29-40)15-16-37-28-39(32-49-31-37)42(30-44(54)61-47(2,3)4)50-45(55)38-11-9-23-52(33-38)43(53)20-17-35-21-24-51(25-22-35)46(56)62-48(5,6)7/h8,10,12-14,18-19,28-29,31-32,35,38,42H,9,11,17,20-27,30,33H2,1-7H3,(H,50,55). The van der Waals surface area contributed by atoms with Crippen molar-refractivity contribution in [2.75, 3.05) is 39.4 Å². The summed E-state index contributed by atoms with van der Waals surface area (Å²) >= 11 is 0. The second-order valence-corrected chi connectivity index (χ2v) is 19.8. The van der Waals surface area contributed by atoms with Gasteiger partial charge in [-0.2, -0.15) is 8.42 Å². The van der Waals surface area contributed by atoms with Gasteiger partial charge < -0.3 is 29.3 Å². The lowest BCUT2D eigenvalue weighted by molar-refractivity contribution is -0.155. The quantitative estimate of drug-likeness (QED) is 0.0756. The minimum Gasteiger partial charge on any atom is -0.491 e. The van der Waals surface area contributed by atoms with E-state index in [9.17, 15) is 27.6 Å². The van der Waals surface area contributed by atoms with Gasteiger partial charge in [0.1, 0.15) is 30.2 Å². The third-order valence-electron chi connectivity index (χ3n) is 10.5. The maximum atomic E-state index is 13.9. The summed E-state index contributed by atoms with van der Waals surface area (Å²) in [5.74, 6) is 5.80. The number of esters is 1. The van der Waals surface area contributed by atoms with Gasteiger partial charge in [0, 0.05) is 56.1 Å². The van der Waals surface area contributed by atoms with E-state index in [1.807, 2.05) is 27.7 Å². The van der Waals surface area contributed by atoms with E-state index in [-0.39, 0.29) is 49.0 Å². The Balaban J connectivity index is 1.17. The molecular weight excluding hydrogens is 825 g/mol. The van der Waals surface area contributed by atoms with Crippen LogP contribution in [0.3, 0.4) is 0 Å². The Morgan fingerprint density at radius 1 is 0.841 bits per heavy atom. The van der Waals surface area contributed by atoms with Gasteiger partial charge in [-0.25, -0.2) is 4.79 Å². The number of amides is 3. The molecule has 0 radical (unpaired) electrons. The highest BCUT2D eigenvalue weighted by Crippen LogP contribution is 2.27. The maximum Gasteiger partial charge on any atom is 0.410 e. The predicted molar refractivity (Wildman–Crippen MR) is 237 cm³/mol. The van der Waals surface area contributed by atoms with Gasteiger partial charge in [0.25, 0.3) is 10.1 Å². The van der Waals surface area contributed by atoms with Crippen LogP contribution in [0.5, 0.6) is 5.75 Å². The molecule has 0 aliphatic carbocycles. The number of ether oxygens (including phenoxy) is 3. The van der Waals surface area contributed by atoms with Crippen molar-refractivity contribution in [2.24, 2.45) is 11.8 Å². The van der Waals surface area contributed by atoms with E-state index in [0.29, 0.717) is 67.3 Å². The number of nitrogens with one attached hydrogen (secondary N) is 1. The Labute approximate surface area is 372 Å². The Hall–Kier alpha value is -5.46. The number of aryl methyl sites for hydroxylation is 1. The van der Waals surface area contributed by atoms with Crippen LogP contribution in [0.1, 0.15) is 115 Å². The van der Waals surface area contributed by atoms with Crippen LogP contribution in [0.4, 0.5) is 4.79 Å². The first-order valence-corrected chi connectivity index (χ1v) is 23.1. The summed E-state index contributed by atoms with van der Waals surface area (Å²) in [4.78, 5) is 60.9. The number of nitrogens with zero attached hydrogens (tertiary/aromatic N) is 3. The number of carbonyl (C=O) groups excluding carboxylic acids is 4. The Bertz CT molecular complexity index is 2230. The second-order valence-electron chi connectivity index (χ2n) is 18.2. The van der Waals surface area contributed by atoms with Crippen LogP contribution in [0.2, 0.25) is 0 Å². The van der Waals surface area contributed by atoms with Crippen molar-refractivity contribution in [3.05, 3.63) is 89.2 Å². The molecule has 0 saturated carbocycles. The number of benzene rings is 2. The largest absolute Gasteiger partial charge is 0.491 e. The number of aromatic nitrogens is 1. The summed E-state index contributed by atoms with van der Waals surface area (Å²) in [5, 5.41) is 3.07. The van der Waals surface area contributed by atoms with Crippen molar-refractivity contribution in [1.82, 2.24) is 20.1 Å². The fourth-order valence-corrected chi connectivity index (χ4v) is 8.22. The minimum absolute atomic E-state index is 0.00668. The molecule has 2 fully saturated rings. The molecule has 2 aliphatic rings. The van der Waals surface area contributed by atoms with Gasteiger partial charge in [-0.15, -0.1) is 0 Å². The average Bonchev–Trinajstić information content (AvgIpc) is 3.22. The smallest absolute Gasteiger partial charge is 0.410 e. The molecule has 1 aromatic heterocycles. The lowest BCUT2D eigenvalue weighted by Crippen LogP contribution is -2.46. The van der Waals surface area contributed by atoms with Crippen LogP contribution in [-0.2, 0) is 38.2 Å². The van der Waals surface area contributed by atoms with E-state index in [1.54, 1.807) is 85.4 Å². The summed E-state index contributed by atoms with van der Waals surface area (Å²) in [5.41, 5.74) is 1.40. The zero-order valence-electron chi connectivity index (χ0n) is 37.6. The molecule has 2 atom stereocenters. The van der Waals surface area contributed by atoms with Crippen LogP contribution in [-0.4, -0.2) is 97.7 Å². The summed E-state index contributed by atoms with van der Waals surface area (Å²) in [6.45, 7) is 14.6. The van der Waals surface area contributed by atoms with E-state index in [0.717, 1.165) is 24.8 Å². The first-order chi connectivity index (χ1) is 29.7. The number of pyridine rings is 1. The molecule has 2 aromatic carbocycles. The van der Waals surface area contributed by atoms with Crippen molar-refractivity contribution in [3.63, 3.8) is 0 Å². The lowest BCUT2D eigenvalue weighted by atomic mass is 9.91. The molecule has 63 heavy (non-hydrogen) atoms. The topological polar surface area (TPSA) is 171 Å². The van der Waals surface area contributed by atoms with Gasteiger partial charge in [0.15, 0.2) is 0 Å². The highest BCUT2D eigenvalue weighted by Gasteiger charge is 2.32. The lowest BCUT2D eigenvalue weighted by Gasteiger charge is -2.35. The average molecular weight is 887 g/mol. The highest BCUT2D eigenvalue weighted by molar-refractivity contribution is 7.86. The summed E-state index contributed by atoms with van der Waals surface area (Å²) in [6, 6.07) is 14.4. The first kappa shape index (κ1) is 48.6. The summed E-state index contributed by atoms with van der Waals surface area (Å²) in [6.07, 6.45) is 6.72. The third-order valence-corrected chi connectivity index (χ3v) is 11.9. The van der Waals surface area contributed by atoms with Crippen LogP contribution in [0, 0.1) is 30.6 Å². The van der Waals surface area contributed by atoms with Gasteiger partial charge >= 0.3 is 12.1 Å². The zero-order valence-corrected chi connectivity index (χ0v) is 38.4. The molecule has 0 bridgehead atoms. The fraction of sp³-hybridized carbons (Fsp3) is 0.521. The van der Waals surface area contributed by atoms with Gasteiger partial charge in [-0.05, 0) is 128 Å². The Morgan fingerprint density at radius 2 is 1.54 bits per heavy atom. The normalized spacial score (nSPS) is 16.6. The van der Waals surface area contributed by atoms with Crippen LogP contribution >= 0.6 is 0 Å². The Morgan fingerprint density at radius 3 is 2.24 bits per heavy atom. The number of carbonyl (C=O) groups is 4. The van der Waals surface area contributed by atoms with E-state index >= 15 is 0 Å². The second kappa shape index (κ2) is 21.8. The van der Waals surface area contributed by atoms with Gasteiger partial charge in [0.2, 0.25) is 11.8 Å². The highest BCUT2D eigenvalue weighted by atomic mass is 32.2. The van der Waals surface area contributed by atoms with E-state index < -0.39 is 39.2 Å². The molecule has 3 amide bonds. The number of hydrogen-bond acceptors (Lipinski definition) is 11. The molecule has 3 aromatic rings. The van der Waals surface area contributed by atoms with Crippen molar-refractivity contribution in [3.8, 4) is 17.6 Å². The maximum absolute atomic E-state index is 13.9. The fourth-order valence-electron chi connectivity index (χ4n) is 7.33. The number of hydrogen-bond donors (Lipinski definition) is 1. The number of rotatable bonds is 14. The molecule has 1 N–H and O–H groups in total. The summed E-state index contributed by atoms with van der Waals surface area (Å²) < 4.78 is 47.0. The van der Waals surface area contributed by atoms with Gasteiger partial charge in [-0.3, -0.25) is 23.6 Å². The van der Waals surface area contributed by atoms with Crippen LogP contribution in [0.25, 0.3) is 0 Å². The Kier molecular flexibility index (Phi) is 16.8. The van der Waals surface area contributed by atoms with Crippen molar-refractivity contribution < 1.29 is 46.0 Å². The van der Waals surface area contributed by atoms with E-state index in [2.05, 4.69) is 22.1 Å². The number of piperidine rings is 2. The molecular formula is C48H62N4O10S. The number of likely N-dealkylation sites (tertiary alicyclic amines) is 2. The molecule has 14 nitrogen and oxygen atoms in total. The molecule has 15 heteroatoms. The monoisotopic (exact) mass is 886 g/mol. The molecule has 2 unspecified atom stereocenters. The van der Waals surface area contributed by atoms with Crippen molar-refractivity contribution >= 4 is 34.0 Å². The summed E-state index contributed by atoms with van der Waals surface area (Å²) in [7, 11) is -3.92. The minimum atomic E-state index is -3.92. The molecule has 2 saturated heterocycles. The molecule has 2 aliphatic heterocycles. The molecule has 3 heterocycles. The first-order valence-electron chi connectivity index (χ1n) is 21.7. The predicted octanol–water partition coefficient (Wildman–Crippen LogP) is 7.13. The van der Waals surface area contributed by atoms with Gasteiger partial charge in [-0.1, -0.05) is 35.6 Å². The van der Waals surface area contributed by atoms with E-state index in [1.165, 1.54) is 12.1 Å². The third kappa shape index (κ3) is 16.0. The van der Waals surface area contributed by atoms with E-state index in [4.69, 9.17) is 18.4 Å². The SMILES string of the molecule is Cc1ccc(S(=O)(=O)OCCOc2cccc(C#Cc3cncc(C(CC(=O)OC(C)(C)C)NC(=O)C4CCCN(C(=O)CCC5CCN(C(=O)OC(C)(C)C)CC5)C4)c3)c2)cc1. The molecule has 0 spiro atoms. The van der Waals surface area contributed by atoms with Crippen LogP contribution < -0.4 is 10.1 Å². The van der Waals surface area contributed by atoms with Crippen molar-refractivity contribution in [1.29, 1.82) is 0 Å². The van der Waals surface area contributed by atoms with Crippen molar-refractivity contribution in [2.45, 2.75) is 116 Å². The zero-order chi connectivity index (χ0) is 45.8. The van der Waals surface area contributed by atoms with Gasteiger partial charge in [0.05, 0.1) is 23.3 Å².